The zero-order valence-electron chi connectivity index (χ0n) is 13.0. The van der Waals surface area contributed by atoms with E-state index in [1.54, 1.807) is 12.1 Å². The van der Waals surface area contributed by atoms with E-state index in [0.717, 1.165) is 53.5 Å². The molecular weight excluding hydrogens is 316 g/mol. The van der Waals surface area contributed by atoms with Crippen molar-refractivity contribution < 1.29 is 18.0 Å². The first-order valence-corrected chi connectivity index (χ1v) is 9.63. The molecule has 7 heteroatoms. The minimum Gasteiger partial charge on any atom is -0.312 e. The summed E-state index contributed by atoms with van der Waals surface area (Å²) in [5, 5.41) is 0. The minimum absolute atomic E-state index is 0.147. The second-order valence-corrected chi connectivity index (χ2v) is 8.14. The summed E-state index contributed by atoms with van der Waals surface area (Å²) < 4.78 is 26.8. The summed E-state index contributed by atoms with van der Waals surface area (Å²) in [7, 11) is -3.63. The molecule has 0 aliphatic carbocycles. The van der Waals surface area contributed by atoms with Crippen molar-refractivity contribution in [2.45, 2.75) is 43.4 Å². The molecule has 23 heavy (non-hydrogen) atoms. The molecule has 1 aromatic rings. The molecule has 1 saturated heterocycles. The van der Waals surface area contributed by atoms with E-state index in [1.165, 1.54) is 0 Å². The fourth-order valence-electron chi connectivity index (χ4n) is 3.65. The van der Waals surface area contributed by atoms with Gasteiger partial charge < -0.3 is 4.90 Å². The molecule has 0 atom stereocenters. The maximum Gasteiger partial charge on any atom is 0.265 e. The molecule has 1 amide bonds. The van der Waals surface area contributed by atoms with Gasteiger partial charge in [0, 0.05) is 19.5 Å². The Morgan fingerprint density at radius 1 is 0.957 bits per heavy atom. The lowest BCUT2D eigenvalue weighted by atomic mass is 9.92. The third-order valence-corrected chi connectivity index (χ3v) is 6.44. The zero-order chi connectivity index (χ0) is 16.0. The second-order valence-electron chi connectivity index (χ2n) is 6.31. The van der Waals surface area contributed by atoms with Crippen LogP contribution in [-0.2, 0) is 32.5 Å². The van der Waals surface area contributed by atoms with Crippen LogP contribution >= 0.6 is 0 Å². The van der Waals surface area contributed by atoms with Gasteiger partial charge in [-0.25, -0.2) is 8.42 Å². The highest BCUT2D eigenvalue weighted by molar-refractivity contribution is 7.89. The first-order valence-electron chi connectivity index (χ1n) is 8.19. The van der Waals surface area contributed by atoms with Gasteiger partial charge in [0.1, 0.15) is 0 Å². The summed E-state index contributed by atoms with van der Waals surface area (Å²) in [5.74, 6) is 0.147. The number of nitrogens with zero attached hydrogens (tertiary/aromatic N) is 2. The van der Waals surface area contributed by atoms with Crippen LogP contribution in [0.3, 0.4) is 0 Å². The molecule has 0 radical (unpaired) electrons. The van der Waals surface area contributed by atoms with Gasteiger partial charge in [0.25, 0.3) is 10.0 Å². The molecule has 1 aromatic carbocycles. The number of hydroxylamine groups is 1. The molecule has 0 saturated carbocycles. The topological polar surface area (TPSA) is 66.9 Å². The molecule has 1 fully saturated rings. The minimum atomic E-state index is -3.63. The Balaban J connectivity index is 1.78. The SMILES string of the molecule is O=C1CCc2cc(S(=O)(=O)N3CCCCO3)cc3c2N1CCC3. The number of benzene rings is 1. The van der Waals surface area contributed by atoms with Crippen LogP contribution in [0.15, 0.2) is 17.0 Å². The number of aryl methyl sites for hydroxylation is 2. The lowest BCUT2D eigenvalue weighted by Crippen LogP contribution is -2.40. The molecule has 3 aliphatic rings. The molecule has 0 bridgehead atoms. The predicted octanol–water partition coefficient (Wildman–Crippen LogP) is 1.63. The third kappa shape index (κ3) is 2.47. The fourth-order valence-corrected chi connectivity index (χ4v) is 5.05. The molecular formula is C16H20N2O4S. The van der Waals surface area contributed by atoms with Crippen molar-refractivity contribution in [3.63, 3.8) is 0 Å². The van der Waals surface area contributed by atoms with Gasteiger partial charge in [-0.15, -0.1) is 0 Å². The quantitative estimate of drug-likeness (QED) is 0.823. The van der Waals surface area contributed by atoms with Gasteiger partial charge in [0.05, 0.1) is 17.2 Å². The van der Waals surface area contributed by atoms with Gasteiger partial charge in [-0.05, 0) is 55.4 Å². The molecule has 4 rings (SSSR count). The molecule has 6 nitrogen and oxygen atoms in total. The number of hydrogen-bond acceptors (Lipinski definition) is 4. The number of carbonyl (C=O) groups is 1. The molecule has 0 spiro atoms. The van der Waals surface area contributed by atoms with E-state index in [9.17, 15) is 13.2 Å². The number of rotatable bonds is 2. The summed E-state index contributed by atoms with van der Waals surface area (Å²) in [4.78, 5) is 19.6. The largest absolute Gasteiger partial charge is 0.312 e. The van der Waals surface area contributed by atoms with E-state index in [1.807, 2.05) is 4.90 Å². The normalized spacial score (nSPS) is 22.1. The van der Waals surface area contributed by atoms with E-state index in [0.29, 0.717) is 30.9 Å². The van der Waals surface area contributed by atoms with Crippen molar-refractivity contribution in [3.8, 4) is 0 Å². The predicted molar refractivity (Wildman–Crippen MR) is 84.5 cm³/mol. The van der Waals surface area contributed by atoms with Crippen LogP contribution in [0.25, 0.3) is 0 Å². The van der Waals surface area contributed by atoms with Crippen molar-refractivity contribution in [1.82, 2.24) is 4.47 Å². The number of sulfonamides is 1. The van der Waals surface area contributed by atoms with Crippen LogP contribution in [0.4, 0.5) is 5.69 Å². The average molecular weight is 336 g/mol. The van der Waals surface area contributed by atoms with Gasteiger partial charge >= 0.3 is 0 Å². The first-order chi connectivity index (χ1) is 11.1. The summed E-state index contributed by atoms with van der Waals surface area (Å²) in [6.45, 7) is 1.58. The average Bonchev–Trinajstić information content (AvgIpc) is 2.58. The molecule has 124 valence electrons. The number of carbonyl (C=O) groups excluding carboxylic acids is 1. The third-order valence-electron chi connectivity index (χ3n) is 4.78. The summed E-state index contributed by atoms with van der Waals surface area (Å²) >= 11 is 0. The van der Waals surface area contributed by atoms with E-state index in [2.05, 4.69) is 0 Å². The molecule has 0 unspecified atom stereocenters. The molecule has 3 heterocycles. The highest BCUT2D eigenvalue weighted by atomic mass is 32.2. The monoisotopic (exact) mass is 336 g/mol. The Morgan fingerprint density at radius 3 is 2.48 bits per heavy atom. The van der Waals surface area contributed by atoms with E-state index >= 15 is 0 Å². The summed E-state index contributed by atoms with van der Waals surface area (Å²) in [5.41, 5.74) is 2.89. The standard InChI is InChI=1S/C16H20N2O4S/c19-15-6-5-13-11-14(10-12-4-3-7-17(15)16(12)13)23(20,21)18-8-1-2-9-22-18/h10-11H,1-9H2. The summed E-state index contributed by atoms with van der Waals surface area (Å²) in [6, 6.07) is 3.47. The molecule has 0 aromatic heterocycles. The highest BCUT2D eigenvalue weighted by Crippen LogP contribution is 2.38. The highest BCUT2D eigenvalue weighted by Gasteiger charge is 2.33. The fraction of sp³-hybridized carbons (Fsp3) is 0.562. The van der Waals surface area contributed by atoms with Gasteiger partial charge in [-0.2, -0.15) is 0 Å². The molecule has 3 aliphatic heterocycles. The van der Waals surface area contributed by atoms with Gasteiger partial charge in [0.2, 0.25) is 5.91 Å². The Kier molecular flexibility index (Phi) is 3.66. The number of anilines is 1. The van der Waals surface area contributed by atoms with Crippen molar-refractivity contribution in [3.05, 3.63) is 23.3 Å². The van der Waals surface area contributed by atoms with Crippen LogP contribution in [0.1, 0.15) is 36.8 Å². The van der Waals surface area contributed by atoms with Crippen LogP contribution in [0, 0.1) is 0 Å². The van der Waals surface area contributed by atoms with E-state index in [4.69, 9.17) is 4.84 Å². The van der Waals surface area contributed by atoms with Gasteiger partial charge in [-0.1, -0.05) is 4.47 Å². The first kappa shape index (κ1) is 15.1. The maximum atomic E-state index is 12.8. The Bertz CT molecular complexity index is 736. The summed E-state index contributed by atoms with van der Waals surface area (Å²) in [6.07, 6.45) is 4.47. The lowest BCUT2D eigenvalue weighted by molar-refractivity contribution is -0.119. The number of amides is 1. The molecule has 0 N–H and O–H groups in total. The zero-order valence-corrected chi connectivity index (χ0v) is 13.8. The Hall–Kier alpha value is -1.44. The lowest BCUT2D eigenvalue weighted by Gasteiger charge is -2.35. The van der Waals surface area contributed by atoms with Crippen LogP contribution in [-0.4, -0.2) is 38.5 Å². The van der Waals surface area contributed by atoms with Gasteiger partial charge in [0.15, 0.2) is 0 Å². The van der Waals surface area contributed by atoms with Crippen LogP contribution in [0.5, 0.6) is 0 Å². The maximum absolute atomic E-state index is 12.8. The second kappa shape index (κ2) is 5.58. The van der Waals surface area contributed by atoms with Crippen molar-refractivity contribution in [1.29, 1.82) is 0 Å². The van der Waals surface area contributed by atoms with Crippen molar-refractivity contribution in [2.24, 2.45) is 0 Å². The van der Waals surface area contributed by atoms with E-state index in [-0.39, 0.29) is 5.91 Å². The Morgan fingerprint density at radius 2 is 1.74 bits per heavy atom. The smallest absolute Gasteiger partial charge is 0.265 e. The van der Waals surface area contributed by atoms with Crippen LogP contribution in [0.2, 0.25) is 0 Å². The van der Waals surface area contributed by atoms with Crippen molar-refractivity contribution in [2.75, 3.05) is 24.6 Å². The van der Waals surface area contributed by atoms with E-state index < -0.39 is 10.0 Å². The van der Waals surface area contributed by atoms with Crippen LogP contribution < -0.4 is 4.90 Å². The van der Waals surface area contributed by atoms with Crippen molar-refractivity contribution >= 4 is 21.6 Å². The number of hydrogen-bond donors (Lipinski definition) is 0. The Labute approximate surface area is 136 Å². The van der Waals surface area contributed by atoms with Gasteiger partial charge in [-0.3, -0.25) is 9.63 Å².